The summed E-state index contributed by atoms with van der Waals surface area (Å²) in [7, 11) is 1.36. The summed E-state index contributed by atoms with van der Waals surface area (Å²) in [6, 6.07) is 5.13. The molecule has 6 heteroatoms. The van der Waals surface area contributed by atoms with Crippen molar-refractivity contribution in [1.29, 1.82) is 0 Å². The van der Waals surface area contributed by atoms with E-state index in [2.05, 4.69) is 26.6 Å². The number of halogens is 1. The summed E-state index contributed by atoms with van der Waals surface area (Å²) in [5, 5.41) is 5.91. The standard InChI is InChI=1S/C15H19BrN2O3/c1-9-8-11(4-5-12(9)16)17-13(19)10(2)18-15(6-7-15)14(20)21-3/h4-5,8,10,18H,6-7H2,1-3H3,(H,17,19)/t10-/m1/s1. The van der Waals surface area contributed by atoms with Crippen molar-refractivity contribution < 1.29 is 14.3 Å². The van der Waals surface area contributed by atoms with Crippen molar-refractivity contribution in [2.75, 3.05) is 12.4 Å². The number of hydrogen-bond donors (Lipinski definition) is 2. The molecule has 0 bridgehead atoms. The maximum Gasteiger partial charge on any atom is 0.326 e. The molecule has 1 amide bonds. The van der Waals surface area contributed by atoms with E-state index in [1.807, 2.05) is 25.1 Å². The second kappa shape index (κ2) is 6.15. The van der Waals surface area contributed by atoms with Crippen LogP contribution in [0.5, 0.6) is 0 Å². The first-order chi connectivity index (χ1) is 9.88. The predicted octanol–water partition coefficient (Wildman–Crippen LogP) is 2.38. The highest BCUT2D eigenvalue weighted by molar-refractivity contribution is 9.10. The number of rotatable bonds is 5. The van der Waals surface area contributed by atoms with E-state index in [0.29, 0.717) is 12.8 Å². The Hall–Kier alpha value is -1.40. The Balaban J connectivity index is 1.97. The molecule has 1 atom stereocenters. The lowest BCUT2D eigenvalue weighted by molar-refractivity contribution is -0.144. The van der Waals surface area contributed by atoms with Gasteiger partial charge in [-0.15, -0.1) is 0 Å². The Bertz CT molecular complexity index is 570. The van der Waals surface area contributed by atoms with Gasteiger partial charge in [0.2, 0.25) is 5.91 Å². The third kappa shape index (κ3) is 3.63. The van der Waals surface area contributed by atoms with E-state index in [0.717, 1.165) is 15.7 Å². The molecule has 1 aromatic carbocycles. The molecule has 0 radical (unpaired) electrons. The van der Waals surface area contributed by atoms with Crippen molar-refractivity contribution in [3.63, 3.8) is 0 Å². The van der Waals surface area contributed by atoms with Crippen molar-refractivity contribution in [1.82, 2.24) is 5.32 Å². The number of esters is 1. The third-order valence-electron chi connectivity index (χ3n) is 3.64. The van der Waals surface area contributed by atoms with Gasteiger partial charge in [0.25, 0.3) is 0 Å². The zero-order valence-corrected chi connectivity index (χ0v) is 13.9. The second-order valence-electron chi connectivity index (χ2n) is 5.39. The molecule has 114 valence electrons. The minimum Gasteiger partial charge on any atom is -0.468 e. The van der Waals surface area contributed by atoms with Crippen LogP contribution >= 0.6 is 15.9 Å². The molecule has 1 aliphatic rings. The fourth-order valence-corrected chi connectivity index (χ4v) is 2.43. The molecular weight excluding hydrogens is 336 g/mol. The summed E-state index contributed by atoms with van der Waals surface area (Å²) in [5.41, 5.74) is 1.10. The molecule has 0 aliphatic heterocycles. The van der Waals surface area contributed by atoms with Gasteiger partial charge < -0.3 is 10.1 Å². The number of methoxy groups -OCH3 is 1. The van der Waals surface area contributed by atoms with Crippen LogP contribution in [-0.2, 0) is 14.3 Å². The zero-order chi connectivity index (χ0) is 15.6. The first-order valence-corrected chi connectivity index (χ1v) is 7.60. The largest absolute Gasteiger partial charge is 0.468 e. The second-order valence-corrected chi connectivity index (χ2v) is 6.25. The molecule has 2 rings (SSSR count). The van der Waals surface area contributed by atoms with Crippen LogP contribution in [0.1, 0.15) is 25.3 Å². The van der Waals surface area contributed by atoms with Gasteiger partial charge in [-0.25, -0.2) is 0 Å². The third-order valence-corrected chi connectivity index (χ3v) is 4.53. The van der Waals surface area contributed by atoms with Crippen LogP contribution in [0.2, 0.25) is 0 Å². The fraction of sp³-hybridized carbons (Fsp3) is 0.467. The summed E-state index contributed by atoms with van der Waals surface area (Å²) in [6.45, 7) is 3.70. The van der Waals surface area contributed by atoms with Gasteiger partial charge in [0.1, 0.15) is 5.54 Å². The van der Waals surface area contributed by atoms with Crippen LogP contribution in [0.4, 0.5) is 5.69 Å². The summed E-state index contributed by atoms with van der Waals surface area (Å²) in [5.74, 6) is -0.478. The molecule has 1 aliphatic carbocycles. The molecular formula is C15H19BrN2O3. The number of ether oxygens (including phenoxy) is 1. The SMILES string of the molecule is COC(=O)C1(N[C@H](C)C(=O)Nc2ccc(Br)c(C)c2)CC1. The van der Waals surface area contributed by atoms with E-state index in [4.69, 9.17) is 4.74 Å². The number of hydrogen-bond acceptors (Lipinski definition) is 4. The number of nitrogens with one attached hydrogen (secondary N) is 2. The highest BCUT2D eigenvalue weighted by Crippen LogP contribution is 2.37. The lowest BCUT2D eigenvalue weighted by Gasteiger charge is -2.20. The smallest absolute Gasteiger partial charge is 0.326 e. The molecule has 5 nitrogen and oxygen atoms in total. The molecule has 0 aromatic heterocycles. The highest BCUT2D eigenvalue weighted by Gasteiger charge is 2.52. The topological polar surface area (TPSA) is 67.4 Å². The van der Waals surface area contributed by atoms with Gasteiger partial charge in [0, 0.05) is 10.2 Å². The molecule has 21 heavy (non-hydrogen) atoms. The average Bonchev–Trinajstić information content (AvgIpc) is 3.22. The van der Waals surface area contributed by atoms with Gasteiger partial charge in [0.15, 0.2) is 0 Å². The molecule has 1 saturated carbocycles. The van der Waals surface area contributed by atoms with E-state index in [1.165, 1.54) is 7.11 Å². The van der Waals surface area contributed by atoms with Gasteiger partial charge in [-0.05, 0) is 50.5 Å². The number of anilines is 1. The van der Waals surface area contributed by atoms with Crippen LogP contribution < -0.4 is 10.6 Å². The molecule has 0 spiro atoms. The maximum atomic E-state index is 12.2. The molecule has 0 saturated heterocycles. The summed E-state index contributed by atoms with van der Waals surface area (Å²) < 4.78 is 5.76. The van der Waals surface area contributed by atoms with E-state index in [-0.39, 0.29) is 11.9 Å². The number of benzene rings is 1. The number of amides is 1. The molecule has 2 N–H and O–H groups in total. The number of carbonyl (C=O) groups is 2. The monoisotopic (exact) mass is 354 g/mol. The highest BCUT2D eigenvalue weighted by atomic mass is 79.9. The minimum atomic E-state index is -0.679. The van der Waals surface area contributed by atoms with Crippen LogP contribution in [-0.4, -0.2) is 30.6 Å². The minimum absolute atomic E-state index is 0.174. The lowest BCUT2D eigenvalue weighted by Crippen LogP contribution is -2.49. The van der Waals surface area contributed by atoms with E-state index < -0.39 is 11.6 Å². The quantitative estimate of drug-likeness (QED) is 0.796. The van der Waals surface area contributed by atoms with Crippen LogP contribution in [0.25, 0.3) is 0 Å². The van der Waals surface area contributed by atoms with Crippen LogP contribution in [0.15, 0.2) is 22.7 Å². The zero-order valence-electron chi connectivity index (χ0n) is 12.3. The number of carbonyl (C=O) groups excluding carboxylic acids is 2. The molecule has 1 aromatic rings. The Labute approximate surface area is 132 Å². The first kappa shape index (κ1) is 16.0. The van der Waals surface area contributed by atoms with Crippen molar-refractivity contribution in [3.8, 4) is 0 Å². The van der Waals surface area contributed by atoms with Gasteiger partial charge in [0.05, 0.1) is 13.2 Å². The molecule has 0 heterocycles. The fourth-order valence-electron chi connectivity index (χ4n) is 2.18. The normalized spacial score (nSPS) is 17.0. The van der Waals surface area contributed by atoms with E-state index in [1.54, 1.807) is 6.92 Å². The van der Waals surface area contributed by atoms with Gasteiger partial charge >= 0.3 is 5.97 Å². The van der Waals surface area contributed by atoms with Crippen molar-refractivity contribution >= 4 is 33.5 Å². The van der Waals surface area contributed by atoms with E-state index >= 15 is 0 Å². The summed E-state index contributed by atoms with van der Waals surface area (Å²) >= 11 is 3.42. The van der Waals surface area contributed by atoms with Gasteiger partial charge in [-0.3, -0.25) is 14.9 Å². The predicted molar refractivity (Wildman–Crippen MR) is 84.1 cm³/mol. The van der Waals surface area contributed by atoms with Gasteiger partial charge in [-0.1, -0.05) is 15.9 Å². The Morgan fingerprint density at radius 3 is 2.57 bits per heavy atom. The molecule has 0 unspecified atom stereocenters. The van der Waals surface area contributed by atoms with Crippen molar-refractivity contribution in [2.24, 2.45) is 0 Å². The van der Waals surface area contributed by atoms with Gasteiger partial charge in [-0.2, -0.15) is 0 Å². The Kier molecular flexibility index (Phi) is 4.68. The van der Waals surface area contributed by atoms with E-state index in [9.17, 15) is 9.59 Å². The summed E-state index contributed by atoms with van der Waals surface area (Å²) in [4.78, 5) is 23.9. The Morgan fingerprint density at radius 1 is 1.38 bits per heavy atom. The van der Waals surface area contributed by atoms with Crippen LogP contribution in [0.3, 0.4) is 0 Å². The maximum absolute atomic E-state index is 12.2. The summed E-state index contributed by atoms with van der Waals surface area (Å²) in [6.07, 6.45) is 1.41. The number of aryl methyl sites for hydroxylation is 1. The van der Waals surface area contributed by atoms with Crippen LogP contribution in [0, 0.1) is 6.92 Å². The van der Waals surface area contributed by atoms with Crippen molar-refractivity contribution in [2.45, 2.75) is 38.3 Å². The van der Waals surface area contributed by atoms with Crippen molar-refractivity contribution in [3.05, 3.63) is 28.2 Å². The molecule has 1 fully saturated rings. The average molecular weight is 355 g/mol. The Morgan fingerprint density at radius 2 is 2.05 bits per heavy atom. The lowest BCUT2D eigenvalue weighted by atomic mass is 10.2. The first-order valence-electron chi connectivity index (χ1n) is 6.81.